The second-order valence-electron chi connectivity index (χ2n) is 7.31. The van der Waals surface area contributed by atoms with Gasteiger partial charge in [-0.2, -0.15) is 13.2 Å². The van der Waals surface area contributed by atoms with Gasteiger partial charge in [0.05, 0.1) is 0 Å². The summed E-state index contributed by atoms with van der Waals surface area (Å²) in [4.78, 5) is 25.2. The molecule has 0 aliphatic carbocycles. The van der Waals surface area contributed by atoms with E-state index in [2.05, 4.69) is 5.32 Å². The van der Waals surface area contributed by atoms with Gasteiger partial charge in [-0.15, -0.1) is 0 Å². The summed E-state index contributed by atoms with van der Waals surface area (Å²) in [5.41, 5.74) is 2.85. The molecule has 2 aromatic rings. The first kappa shape index (κ1) is 20.9. The Kier molecular flexibility index (Phi) is 6.56. The van der Waals surface area contributed by atoms with Crippen LogP contribution in [-0.2, 0) is 9.59 Å². The molecule has 1 aliphatic heterocycles. The number of halogens is 3. The molecule has 0 atom stereocenters. The summed E-state index contributed by atoms with van der Waals surface area (Å²) < 4.78 is 37.0. The van der Waals surface area contributed by atoms with Gasteiger partial charge in [0.15, 0.2) is 0 Å². The summed E-state index contributed by atoms with van der Waals surface area (Å²) in [5, 5.41) is 2.86. The fourth-order valence-electron chi connectivity index (χ4n) is 3.52. The number of carbonyl (C=O) groups excluding carboxylic acids is 2. The van der Waals surface area contributed by atoms with Crippen LogP contribution < -0.4 is 5.32 Å². The van der Waals surface area contributed by atoms with Crippen LogP contribution in [-0.4, -0.2) is 36.0 Å². The van der Waals surface area contributed by atoms with Crippen LogP contribution in [0, 0.1) is 5.92 Å². The third kappa shape index (κ3) is 6.34. The quantitative estimate of drug-likeness (QED) is 0.773. The van der Waals surface area contributed by atoms with E-state index in [0.29, 0.717) is 24.9 Å². The molecule has 29 heavy (non-hydrogen) atoms. The lowest BCUT2D eigenvalue weighted by atomic mass is 9.93. The van der Waals surface area contributed by atoms with E-state index in [-0.39, 0.29) is 24.9 Å². The molecule has 2 amide bonds. The molecule has 0 bridgehead atoms. The largest absolute Gasteiger partial charge is 0.397 e. The van der Waals surface area contributed by atoms with Gasteiger partial charge < -0.3 is 10.2 Å². The summed E-state index contributed by atoms with van der Waals surface area (Å²) in [6.45, 7) is 0.525. The summed E-state index contributed by atoms with van der Waals surface area (Å²) in [7, 11) is 0. The second-order valence-corrected chi connectivity index (χ2v) is 7.31. The molecule has 1 saturated heterocycles. The zero-order valence-corrected chi connectivity index (χ0v) is 15.9. The van der Waals surface area contributed by atoms with Gasteiger partial charge in [-0.1, -0.05) is 42.5 Å². The lowest BCUT2D eigenvalue weighted by Gasteiger charge is -2.32. The smallest absolute Gasteiger partial charge is 0.342 e. The molecule has 0 unspecified atom stereocenters. The van der Waals surface area contributed by atoms with E-state index >= 15 is 0 Å². The number of amides is 2. The molecule has 3 rings (SSSR count). The van der Waals surface area contributed by atoms with E-state index < -0.39 is 18.5 Å². The fraction of sp³-hybridized carbons (Fsp3) is 0.364. The summed E-state index contributed by atoms with van der Waals surface area (Å²) in [5.74, 6) is -0.954. The molecule has 0 aromatic heterocycles. The highest BCUT2D eigenvalue weighted by molar-refractivity contribution is 5.91. The Morgan fingerprint density at radius 1 is 0.931 bits per heavy atom. The molecule has 154 valence electrons. The summed E-state index contributed by atoms with van der Waals surface area (Å²) >= 11 is 0. The third-order valence-electron chi connectivity index (χ3n) is 5.07. The number of hydrogen-bond acceptors (Lipinski definition) is 2. The van der Waals surface area contributed by atoms with Crippen molar-refractivity contribution >= 4 is 17.5 Å². The van der Waals surface area contributed by atoms with E-state index in [4.69, 9.17) is 0 Å². The van der Waals surface area contributed by atoms with Crippen LogP contribution in [0.5, 0.6) is 0 Å². The lowest BCUT2D eigenvalue weighted by Crippen LogP contribution is -2.40. The molecule has 7 heteroatoms. The Morgan fingerprint density at radius 2 is 1.52 bits per heavy atom. The number of benzene rings is 2. The number of nitrogens with zero attached hydrogens (tertiary/aromatic N) is 1. The number of rotatable bonds is 5. The van der Waals surface area contributed by atoms with Gasteiger partial charge in [-0.3, -0.25) is 9.59 Å². The van der Waals surface area contributed by atoms with Crippen molar-refractivity contribution in [2.75, 3.05) is 18.4 Å². The molecule has 1 heterocycles. The zero-order valence-electron chi connectivity index (χ0n) is 15.9. The van der Waals surface area contributed by atoms with Gasteiger partial charge in [-0.05, 0) is 42.0 Å². The average Bonchev–Trinajstić information content (AvgIpc) is 2.68. The van der Waals surface area contributed by atoms with Gasteiger partial charge in [0.25, 0.3) is 0 Å². The van der Waals surface area contributed by atoms with Gasteiger partial charge in [0.1, 0.15) is 6.42 Å². The highest BCUT2D eigenvalue weighted by atomic mass is 19.4. The number of piperidine rings is 1. The fourth-order valence-corrected chi connectivity index (χ4v) is 3.52. The Balaban J connectivity index is 1.45. The maximum Gasteiger partial charge on any atom is 0.397 e. The topological polar surface area (TPSA) is 49.4 Å². The summed E-state index contributed by atoms with van der Waals surface area (Å²) in [6, 6.07) is 17.5. The first-order valence-corrected chi connectivity index (χ1v) is 9.60. The minimum absolute atomic E-state index is 0.0635. The molecule has 1 N–H and O–H groups in total. The van der Waals surface area contributed by atoms with E-state index in [1.807, 2.05) is 54.6 Å². The monoisotopic (exact) mass is 404 g/mol. The van der Waals surface area contributed by atoms with Crippen molar-refractivity contribution in [2.45, 2.75) is 31.9 Å². The van der Waals surface area contributed by atoms with Gasteiger partial charge in [-0.25, -0.2) is 0 Å². The van der Waals surface area contributed by atoms with E-state index in [1.165, 1.54) is 4.90 Å². The normalized spacial score (nSPS) is 15.2. The number of likely N-dealkylation sites (tertiary alicyclic amines) is 1. The van der Waals surface area contributed by atoms with Gasteiger partial charge in [0, 0.05) is 25.2 Å². The van der Waals surface area contributed by atoms with E-state index in [1.54, 1.807) is 0 Å². The second kappa shape index (κ2) is 9.11. The van der Waals surface area contributed by atoms with Crippen LogP contribution in [0.3, 0.4) is 0 Å². The first-order chi connectivity index (χ1) is 13.8. The molecule has 0 saturated carbocycles. The van der Waals surface area contributed by atoms with Crippen molar-refractivity contribution in [1.29, 1.82) is 0 Å². The SMILES string of the molecule is O=C(CC1CCN(C(=O)CC(F)(F)F)CC1)Nc1ccc(-c2ccccc2)cc1. The van der Waals surface area contributed by atoms with Crippen LogP contribution in [0.15, 0.2) is 54.6 Å². The number of nitrogens with one attached hydrogen (secondary N) is 1. The predicted octanol–water partition coefficient (Wildman–Crippen LogP) is 4.87. The van der Waals surface area contributed by atoms with Crippen LogP contribution in [0.25, 0.3) is 11.1 Å². The van der Waals surface area contributed by atoms with E-state index in [0.717, 1.165) is 11.1 Å². The average molecular weight is 404 g/mol. The predicted molar refractivity (Wildman–Crippen MR) is 105 cm³/mol. The summed E-state index contributed by atoms with van der Waals surface area (Å²) in [6.07, 6.45) is -4.54. The Bertz CT molecular complexity index is 827. The number of carbonyl (C=O) groups is 2. The van der Waals surface area contributed by atoms with Crippen molar-refractivity contribution in [3.63, 3.8) is 0 Å². The Labute approximate surface area is 167 Å². The minimum atomic E-state index is -4.48. The Morgan fingerprint density at radius 3 is 2.10 bits per heavy atom. The third-order valence-corrected chi connectivity index (χ3v) is 5.07. The number of hydrogen-bond donors (Lipinski definition) is 1. The van der Waals surface area contributed by atoms with Crippen molar-refractivity contribution in [2.24, 2.45) is 5.92 Å². The molecule has 0 radical (unpaired) electrons. The van der Waals surface area contributed by atoms with Crippen molar-refractivity contribution in [3.05, 3.63) is 54.6 Å². The molecule has 4 nitrogen and oxygen atoms in total. The van der Waals surface area contributed by atoms with Crippen LogP contribution in [0.1, 0.15) is 25.7 Å². The van der Waals surface area contributed by atoms with Crippen molar-refractivity contribution in [1.82, 2.24) is 4.90 Å². The first-order valence-electron chi connectivity index (χ1n) is 9.60. The molecular formula is C22H23F3N2O2. The van der Waals surface area contributed by atoms with Gasteiger partial charge >= 0.3 is 6.18 Å². The zero-order chi connectivity index (χ0) is 20.9. The lowest BCUT2D eigenvalue weighted by molar-refractivity contribution is -0.162. The van der Waals surface area contributed by atoms with E-state index in [9.17, 15) is 22.8 Å². The maximum absolute atomic E-state index is 12.3. The van der Waals surface area contributed by atoms with Crippen LogP contribution in [0.4, 0.5) is 18.9 Å². The minimum Gasteiger partial charge on any atom is -0.342 e. The number of alkyl halides is 3. The van der Waals surface area contributed by atoms with Gasteiger partial charge in [0.2, 0.25) is 11.8 Å². The molecular weight excluding hydrogens is 381 g/mol. The van der Waals surface area contributed by atoms with Crippen LogP contribution >= 0.6 is 0 Å². The Hall–Kier alpha value is -2.83. The van der Waals surface area contributed by atoms with Crippen molar-refractivity contribution in [3.8, 4) is 11.1 Å². The molecule has 2 aromatic carbocycles. The highest BCUT2D eigenvalue weighted by Gasteiger charge is 2.34. The van der Waals surface area contributed by atoms with Crippen LogP contribution in [0.2, 0.25) is 0 Å². The molecule has 1 aliphatic rings. The highest BCUT2D eigenvalue weighted by Crippen LogP contribution is 2.26. The maximum atomic E-state index is 12.3. The molecule has 1 fully saturated rings. The standard InChI is InChI=1S/C22H23F3N2O2/c23-22(24,25)15-21(29)27-12-10-16(11-13-27)14-20(28)26-19-8-6-18(7-9-19)17-4-2-1-3-5-17/h1-9,16H,10-15H2,(H,26,28). The van der Waals surface area contributed by atoms with Crippen molar-refractivity contribution < 1.29 is 22.8 Å². The number of anilines is 1. The molecule has 0 spiro atoms.